The molecule has 0 unspecified atom stereocenters. The summed E-state index contributed by atoms with van der Waals surface area (Å²) in [7, 11) is 1.71. The van der Waals surface area contributed by atoms with Crippen molar-refractivity contribution in [3.8, 4) is 0 Å². The lowest BCUT2D eigenvalue weighted by Gasteiger charge is -2.12. The minimum absolute atomic E-state index is 0.00736. The van der Waals surface area contributed by atoms with E-state index in [2.05, 4.69) is 0 Å². The molecule has 0 amide bonds. The zero-order chi connectivity index (χ0) is 18.4. The second kappa shape index (κ2) is 5.88. The molecule has 0 radical (unpaired) electrons. The van der Waals surface area contributed by atoms with Crippen molar-refractivity contribution >= 4 is 17.3 Å². The van der Waals surface area contributed by atoms with Gasteiger partial charge in [-0.1, -0.05) is 54.1 Å². The molecule has 1 aliphatic carbocycles. The van der Waals surface area contributed by atoms with Gasteiger partial charge in [0.2, 0.25) is 35.1 Å². The van der Waals surface area contributed by atoms with Crippen molar-refractivity contribution in [2.24, 2.45) is 7.05 Å². The van der Waals surface area contributed by atoms with Crippen LogP contribution in [0.15, 0.2) is 54.9 Å². The normalized spacial score (nSPS) is 12.7. The molecular formula is C21H17N2O3+. The number of hydrogen-bond donors (Lipinski definition) is 0. The van der Waals surface area contributed by atoms with E-state index in [1.165, 1.54) is 0 Å². The molecule has 1 heterocycles. The number of imidazole rings is 1. The van der Waals surface area contributed by atoms with Crippen molar-refractivity contribution in [2.75, 3.05) is 0 Å². The van der Waals surface area contributed by atoms with E-state index < -0.39 is 0 Å². The van der Waals surface area contributed by atoms with Gasteiger partial charge < -0.3 is 0 Å². The van der Waals surface area contributed by atoms with Crippen molar-refractivity contribution < 1.29 is 19.0 Å². The largest absolute Gasteiger partial charge is 0.290 e. The van der Waals surface area contributed by atoms with Gasteiger partial charge in [0.15, 0.2) is 6.54 Å². The zero-order valence-corrected chi connectivity index (χ0v) is 14.5. The molecule has 128 valence electrons. The van der Waals surface area contributed by atoms with Crippen LogP contribution in [0.25, 0.3) is 0 Å². The van der Waals surface area contributed by atoms with Gasteiger partial charge in [-0.15, -0.1) is 0 Å². The van der Waals surface area contributed by atoms with Crippen LogP contribution in [-0.4, -0.2) is 21.9 Å². The Hall–Kier alpha value is -3.34. The summed E-state index contributed by atoms with van der Waals surface area (Å²) in [6.45, 7) is 1.96. The Labute approximate surface area is 150 Å². The minimum atomic E-state index is -0.229. The highest BCUT2D eigenvalue weighted by Gasteiger charge is 2.40. The molecular weight excluding hydrogens is 328 g/mol. The van der Waals surface area contributed by atoms with E-state index >= 15 is 0 Å². The fourth-order valence-corrected chi connectivity index (χ4v) is 3.37. The van der Waals surface area contributed by atoms with Gasteiger partial charge in [0.25, 0.3) is 0 Å². The molecule has 1 aliphatic rings. The van der Waals surface area contributed by atoms with Crippen LogP contribution in [0.5, 0.6) is 0 Å². The van der Waals surface area contributed by atoms with Crippen LogP contribution in [-0.2, 0) is 13.6 Å². The molecule has 26 heavy (non-hydrogen) atoms. The summed E-state index contributed by atoms with van der Waals surface area (Å²) >= 11 is 0. The molecule has 5 nitrogen and oxygen atoms in total. The Morgan fingerprint density at radius 1 is 0.962 bits per heavy atom. The number of fused-ring (bicyclic) bond motifs is 2. The lowest BCUT2D eigenvalue weighted by atomic mass is 9.90. The number of aromatic nitrogens is 2. The predicted molar refractivity (Wildman–Crippen MR) is 94.4 cm³/mol. The number of benzene rings is 2. The Balaban J connectivity index is 1.76. The molecule has 3 aromatic rings. The van der Waals surface area contributed by atoms with Gasteiger partial charge in [-0.3, -0.25) is 14.4 Å². The number of Topliss-reactive ketones (excluding diaryl/α,β-unsaturated/α-hetero) is 1. The Kier molecular flexibility index (Phi) is 3.65. The first kappa shape index (κ1) is 16.1. The number of nitrogens with zero attached hydrogens (tertiary/aromatic N) is 2. The Morgan fingerprint density at radius 2 is 1.58 bits per heavy atom. The summed E-state index contributed by atoms with van der Waals surface area (Å²) in [6.07, 6.45) is 1.64. The maximum absolute atomic E-state index is 13.0. The zero-order valence-electron chi connectivity index (χ0n) is 14.5. The van der Waals surface area contributed by atoms with Crippen LogP contribution in [0.2, 0.25) is 0 Å². The summed E-state index contributed by atoms with van der Waals surface area (Å²) in [5, 5.41) is 0. The molecule has 0 spiro atoms. The van der Waals surface area contributed by atoms with Gasteiger partial charge in [0.05, 0.1) is 7.05 Å². The monoisotopic (exact) mass is 345 g/mol. The van der Waals surface area contributed by atoms with Gasteiger partial charge in [-0.25, -0.2) is 9.13 Å². The molecule has 0 fully saturated rings. The average molecular weight is 345 g/mol. The number of carbonyl (C=O) groups is 3. The third-order valence-electron chi connectivity index (χ3n) is 4.71. The summed E-state index contributed by atoms with van der Waals surface area (Å²) < 4.78 is 3.20. The van der Waals surface area contributed by atoms with Crippen LogP contribution in [0.3, 0.4) is 0 Å². The first-order valence-electron chi connectivity index (χ1n) is 8.34. The quantitative estimate of drug-likeness (QED) is 0.423. The molecule has 2 aromatic carbocycles. The van der Waals surface area contributed by atoms with E-state index in [9.17, 15) is 14.4 Å². The van der Waals surface area contributed by atoms with E-state index in [0.29, 0.717) is 22.4 Å². The van der Waals surface area contributed by atoms with E-state index in [-0.39, 0.29) is 29.6 Å². The third-order valence-corrected chi connectivity index (χ3v) is 4.71. The van der Waals surface area contributed by atoms with Crippen LogP contribution in [0, 0.1) is 6.92 Å². The van der Waals surface area contributed by atoms with Crippen LogP contribution < -0.4 is 4.57 Å². The molecule has 4 rings (SSSR count). The lowest BCUT2D eigenvalue weighted by Crippen LogP contribution is -2.36. The topological polar surface area (TPSA) is 60.0 Å². The predicted octanol–water partition coefficient (Wildman–Crippen LogP) is 2.28. The maximum atomic E-state index is 13.0. The molecule has 5 heteroatoms. The molecule has 0 saturated heterocycles. The molecule has 0 saturated carbocycles. The van der Waals surface area contributed by atoms with Gasteiger partial charge in [-0.2, -0.15) is 0 Å². The second-order valence-corrected chi connectivity index (χ2v) is 6.54. The van der Waals surface area contributed by atoms with Crippen molar-refractivity contribution in [1.29, 1.82) is 0 Å². The van der Waals surface area contributed by atoms with Crippen LogP contribution >= 0.6 is 0 Å². The van der Waals surface area contributed by atoms with Gasteiger partial charge >= 0.3 is 0 Å². The van der Waals surface area contributed by atoms with E-state index in [1.807, 2.05) is 19.1 Å². The highest BCUT2D eigenvalue weighted by molar-refractivity contribution is 6.26. The fraction of sp³-hybridized carbons (Fsp3) is 0.143. The van der Waals surface area contributed by atoms with Crippen molar-refractivity contribution in [1.82, 2.24) is 4.57 Å². The third kappa shape index (κ3) is 2.40. The fourth-order valence-electron chi connectivity index (χ4n) is 3.37. The van der Waals surface area contributed by atoms with E-state index in [0.717, 1.165) is 5.56 Å². The van der Waals surface area contributed by atoms with Gasteiger partial charge in [-0.05, 0) is 6.92 Å². The summed E-state index contributed by atoms with van der Waals surface area (Å²) in [5.41, 5.74) is 3.04. The highest BCUT2D eigenvalue weighted by Crippen LogP contribution is 2.25. The van der Waals surface area contributed by atoms with Gasteiger partial charge in [0.1, 0.15) is 0 Å². The first-order chi connectivity index (χ1) is 12.5. The molecule has 0 bridgehead atoms. The van der Waals surface area contributed by atoms with Crippen molar-refractivity contribution in [2.45, 2.75) is 13.5 Å². The molecule has 0 aliphatic heterocycles. The van der Waals surface area contributed by atoms with E-state index in [1.54, 1.807) is 58.9 Å². The standard InChI is InChI=1S/C21H17N2O3/c1-13-7-9-14(10-8-13)17(24)11-23-12-22(2)18-19(23)21(26)16-6-4-3-5-15(16)20(18)25/h3-10,12H,11H2,1-2H3/q+1. The lowest BCUT2D eigenvalue weighted by molar-refractivity contribution is -0.672. The SMILES string of the molecule is Cc1ccc(C(=O)Cn2c[n+](C)c3c2C(=O)c2ccccc2C3=O)cc1. The summed E-state index contributed by atoms with van der Waals surface area (Å²) in [6, 6.07) is 14.1. The number of aryl methyl sites for hydroxylation is 2. The minimum Gasteiger partial charge on any atom is -0.290 e. The van der Waals surface area contributed by atoms with E-state index in [4.69, 9.17) is 0 Å². The number of carbonyl (C=O) groups excluding carboxylic acids is 3. The highest BCUT2D eigenvalue weighted by atomic mass is 16.1. The Bertz CT molecular complexity index is 1080. The smallest absolute Gasteiger partial charge is 0.245 e. The van der Waals surface area contributed by atoms with Gasteiger partial charge in [0, 0.05) is 16.7 Å². The molecule has 0 atom stereocenters. The van der Waals surface area contributed by atoms with Crippen LogP contribution in [0.1, 0.15) is 48.0 Å². The second-order valence-electron chi connectivity index (χ2n) is 6.54. The Morgan fingerprint density at radius 3 is 2.23 bits per heavy atom. The number of ketones is 3. The van der Waals surface area contributed by atoms with Crippen molar-refractivity contribution in [3.05, 3.63) is 88.5 Å². The van der Waals surface area contributed by atoms with Crippen molar-refractivity contribution in [3.63, 3.8) is 0 Å². The average Bonchev–Trinajstić information content (AvgIpc) is 2.96. The maximum Gasteiger partial charge on any atom is 0.245 e. The van der Waals surface area contributed by atoms with Crippen LogP contribution in [0.4, 0.5) is 0 Å². The molecule has 1 aromatic heterocycles. The number of hydrogen-bond acceptors (Lipinski definition) is 3. The number of rotatable bonds is 3. The first-order valence-corrected chi connectivity index (χ1v) is 8.34. The summed E-state index contributed by atoms with van der Waals surface area (Å²) in [4.78, 5) is 38.4. The molecule has 0 N–H and O–H groups in total. The summed E-state index contributed by atoms with van der Waals surface area (Å²) in [5.74, 6) is -0.533.